The molecule has 1 unspecified atom stereocenters. The highest BCUT2D eigenvalue weighted by Crippen LogP contribution is 1.73. The van der Waals surface area contributed by atoms with Gasteiger partial charge in [0.1, 0.15) is 0 Å². The molecule has 3 heteroatoms. The van der Waals surface area contributed by atoms with E-state index in [1.165, 1.54) is 6.08 Å². The maximum atomic E-state index is 9.00. The minimum absolute atomic E-state index is 0.352. The quantitative estimate of drug-likeness (QED) is 0.515. The lowest BCUT2D eigenvalue weighted by Crippen LogP contribution is -1.88. The number of aliphatic hydroxyl groups excluding tert-OH is 1. The number of carbonyl (C=O) groups is 1. The van der Waals surface area contributed by atoms with Crippen LogP contribution in [0.2, 0.25) is 0 Å². The molecular weight excluding hydrogens is 120 g/mol. The summed E-state index contributed by atoms with van der Waals surface area (Å²) in [6, 6.07) is 0. The van der Waals surface area contributed by atoms with Gasteiger partial charge >= 0.3 is 0 Å². The molecule has 0 aliphatic carbocycles. The Hall–Kier alpha value is -0.830. The molecule has 0 saturated heterocycles. The molecule has 2 N–H and O–H groups in total. The highest BCUT2D eigenvalue weighted by Gasteiger charge is 1.75. The predicted octanol–water partition coefficient (Wildman–Crippen LogP) is 0.644. The van der Waals surface area contributed by atoms with E-state index in [9.17, 15) is 0 Å². The lowest BCUT2D eigenvalue weighted by Gasteiger charge is -1.84. The molecule has 9 heavy (non-hydrogen) atoms. The third-order valence-corrected chi connectivity index (χ3v) is 0.341. The van der Waals surface area contributed by atoms with E-state index in [1.807, 2.05) is 0 Å². The van der Waals surface area contributed by atoms with E-state index < -0.39 is 5.97 Å². The van der Waals surface area contributed by atoms with E-state index in [2.05, 4.69) is 6.58 Å². The fourth-order valence-corrected chi connectivity index (χ4v) is 0. The molecule has 0 aromatic rings. The minimum Gasteiger partial charge on any atom is -0.481 e. The molecule has 0 aromatic carbocycles. The van der Waals surface area contributed by atoms with Crippen LogP contribution in [0.1, 0.15) is 13.8 Å². The van der Waals surface area contributed by atoms with Crippen LogP contribution >= 0.6 is 0 Å². The van der Waals surface area contributed by atoms with Crippen molar-refractivity contribution in [3.63, 3.8) is 0 Å². The van der Waals surface area contributed by atoms with Crippen molar-refractivity contribution in [1.29, 1.82) is 0 Å². The summed E-state index contributed by atoms with van der Waals surface area (Å²) >= 11 is 0. The standard InChI is InChI=1S/C4H8O.C2H4O2/c1-3-4(2)5;1-2(3)4/h3-5H,1H2,2H3;1H3,(H,3,4). The van der Waals surface area contributed by atoms with Gasteiger partial charge in [0.25, 0.3) is 5.97 Å². The van der Waals surface area contributed by atoms with Crippen molar-refractivity contribution in [1.82, 2.24) is 0 Å². The Balaban J connectivity index is 0. The lowest BCUT2D eigenvalue weighted by molar-refractivity contribution is -0.134. The van der Waals surface area contributed by atoms with E-state index in [4.69, 9.17) is 15.0 Å². The molecule has 3 nitrogen and oxygen atoms in total. The minimum atomic E-state index is -0.833. The molecule has 0 aromatic heterocycles. The van der Waals surface area contributed by atoms with E-state index in [0.717, 1.165) is 6.92 Å². The normalized spacial score (nSPS) is 10.6. The Labute approximate surface area is 54.6 Å². The second kappa shape index (κ2) is 7.17. The zero-order valence-electron chi connectivity index (χ0n) is 5.66. The second-order valence-electron chi connectivity index (χ2n) is 1.50. The third-order valence-electron chi connectivity index (χ3n) is 0.341. The van der Waals surface area contributed by atoms with Gasteiger partial charge < -0.3 is 10.2 Å². The number of carboxylic acid groups (broad SMARTS) is 1. The zero-order valence-corrected chi connectivity index (χ0v) is 5.66. The molecule has 0 spiro atoms. The number of hydrogen-bond acceptors (Lipinski definition) is 2. The fraction of sp³-hybridized carbons (Fsp3) is 0.500. The summed E-state index contributed by atoms with van der Waals surface area (Å²) in [7, 11) is 0. The molecule has 0 rings (SSSR count). The van der Waals surface area contributed by atoms with Crippen LogP contribution in [0.3, 0.4) is 0 Å². The Kier molecular flexibility index (Phi) is 8.79. The van der Waals surface area contributed by atoms with Crippen LogP contribution in [0.5, 0.6) is 0 Å². The first kappa shape index (κ1) is 11.0. The summed E-state index contributed by atoms with van der Waals surface area (Å²) in [6.45, 7) is 6.05. The van der Waals surface area contributed by atoms with Crippen molar-refractivity contribution >= 4 is 5.97 Å². The summed E-state index contributed by atoms with van der Waals surface area (Å²) in [5.41, 5.74) is 0. The molecule has 0 fully saturated rings. The van der Waals surface area contributed by atoms with E-state index >= 15 is 0 Å². The van der Waals surface area contributed by atoms with Gasteiger partial charge in [-0.15, -0.1) is 6.58 Å². The lowest BCUT2D eigenvalue weighted by atomic mass is 10.4. The fourth-order valence-electron chi connectivity index (χ4n) is 0. The molecule has 0 heterocycles. The molecule has 0 aliphatic heterocycles. The van der Waals surface area contributed by atoms with Crippen molar-refractivity contribution in [3.05, 3.63) is 12.7 Å². The van der Waals surface area contributed by atoms with Crippen LogP contribution in [-0.2, 0) is 4.79 Å². The van der Waals surface area contributed by atoms with E-state index in [1.54, 1.807) is 6.92 Å². The molecule has 0 saturated carbocycles. The van der Waals surface area contributed by atoms with Gasteiger partial charge in [0.05, 0.1) is 6.10 Å². The van der Waals surface area contributed by atoms with Crippen LogP contribution in [0, 0.1) is 0 Å². The van der Waals surface area contributed by atoms with Crippen molar-refractivity contribution < 1.29 is 15.0 Å². The van der Waals surface area contributed by atoms with Crippen molar-refractivity contribution in [2.45, 2.75) is 20.0 Å². The zero-order chi connectivity index (χ0) is 7.86. The molecule has 0 aliphatic rings. The van der Waals surface area contributed by atoms with Crippen LogP contribution in [0.25, 0.3) is 0 Å². The molecule has 0 amide bonds. The van der Waals surface area contributed by atoms with Crippen molar-refractivity contribution in [2.75, 3.05) is 0 Å². The van der Waals surface area contributed by atoms with Gasteiger partial charge in [0.15, 0.2) is 0 Å². The van der Waals surface area contributed by atoms with E-state index in [-0.39, 0.29) is 6.10 Å². The summed E-state index contributed by atoms with van der Waals surface area (Å²) < 4.78 is 0. The maximum Gasteiger partial charge on any atom is 0.300 e. The van der Waals surface area contributed by atoms with Crippen LogP contribution < -0.4 is 0 Å². The Morgan fingerprint density at radius 1 is 1.78 bits per heavy atom. The highest BCUT2D eigenvalue weighted by atomic mass is 16.4. The van der Waals surface area contributed by atoms with E-state index in [0.29, 0.717) is 0 Å². The number of rotatable bonds is 1. The average molecular weight is 132 g/mol. The van der Waals surface area contributed by atoms with Gasteiger partial charge in [-0.2, -0.15) is 0 Å². The number of aliphatic carboxylic acids is 1. The first-order valence-electron chi connectivity index (χ1n) is 2.50. The highest BCUT2D eigenvalue weighted by molar-refractivity contribution is 5.62. The summed E-state index contributed by atoms with van der Waals surface area (Å²) in [5, 5.41) is 15.7. The number of carboxylic acids is 1. The molecule has 0 radical (unpaired) electrons. The molecule has 54 valence electrons. The average Bonchev–Trinajstić information content (AvgIpc) is 1.65. The van der Waals surface area contributed by atoms with Gasteiger partial charge in [0, 0.05) is 6.92 Å². The maximum absolute atomic E-state index is 9.00. The van der Waals surface area contributed by atoms with Gasteiger partial charge in [-0.05, 0) is 6.92 Å². The summed E-state index contributed by atoms with van der Waals surface area (Å²) in [4.78, 5) is 9.00. The van der Waals surface area contributed by atoms with Crippen LogP contribution in [0.4, 0.5) is 0 Å². The summed E-state index contributed by atoms with van der Waals surface area (Å²) in [5.74, 6) is -0.833. The first-order valence-corrected chi connectivity index (χ1v) is 2.50. The Bertz CT molecular complexity index is 82.3. The topological polar surface area (TPSA) is 57.5 Å². The smallest absolute Gasteiger partial charge is 0.300 e. The van der Waals surface area contributed by atoms with Crippen LogP contribution in [-0.4, -0.2) is 22.3 Å². The second-order valence-corrected chi connectivity index (χ2v) is 1.50. The predicted molar refractivity (Wildman–Crippen MR) is 35.2 cm³/mol. The van der Waals surface area contributed by atoms with Crippen molar-refractivity contribution in [3.8, 4) is 0 Å². The van der Waals surface area contributed by atoms with Crippen LogP contribution in [0.15, 0.2) is 12.7 Å². The van der Waals surface area contributed by atoms with Gasteiger partial charge in [-0.3, -0.25) is 4.79 Å². The third kappa shape index (κ3) is 140. The largest absolute Gasteiger partial charge is 0.481 e. The molecular formula is C6H12O3. The van der Waals surface area contributed by atoms with Gasteiger partial charge in [-0.25, -0.2) is 0 Å². The monoisotopic (exact) mass is 132 g/mol. The Morgan fingerprint density at radius 3 is 1.89 bits per heavy atom. The number of hydrogen-bond donors (Lipinski definition) is 2. The molecule has 1 atom stereocenters. The van der Waals surface area contributed by atoms with Gasteiger partial charge in [-0.1, -0.05) is 6.08 Å². The number of aliphatic hydroxyl groups is 1. The van der Waals surface area contributed by atoms with Crippen molar-refractivity contribution in [2.24, 2.45) is 0 Å². The van der Waals surface area contributed by atoms with Gasteiger partial charge in [0.2, 0.25) is 0 Å². The molecule has 0 bridgehead atoms. The SMILES string of the molecule is C=CC(C)O.CC(=O)O. The summed E-state index contributed by atoms with van der Waals surface area (Å²) in [6.07, 6.45) is 1.12. The Morgan fingerprint density at radius 2 is 1.89 bits per heavy atom. The first-order chi connectivity index (χ1) is 4.00.